The molecule has 0 aliphatic carbocycles. The lowest BCUT2D eigenvalue weighted by Crippen LogP contribution is -2.43. The molecule has 3 rings (SSSR count). The molecular weight excluding hydrogens is 286 g/mol. The second-order valence-corrected chi connectivity index (χ2v) is 6.46. The molecule has 0 bridgehead atoms. The highest BCUT2D eigenvalue weighted by Crippen LogP contribution is 2.20. The van der Waals surface area contributed by atoms with Gasteiger partial charge in [-0.2, -0.15) is 0 Å². The molecule has 124 valence electrons. The molecular formula is C19H27N3O. The third-order valence-electron chi connectivity index (χ3n) is 4.66. The molecule has 1 N–H and O–H groups in total. The summed E-state index contributed by atoms with van der Waals surface area (Å²) in [6.07, 6.45) is 5.19. The predicted octanol–water partition coefficient (Wildman–Crippen LogP) is 3.69. The van der Waals surface area contributed by atoms with Gasteiger partial charge in [0.2, 0.25) is 0 Å². The second kappa shape index (κ2) is 7.75. The van der Waals surface area contributed by atoms with Crippen LogP contribution >= 0.6 is 0 Å². The van der Waals surface area contributed by atoms with Crippen LogP contribution in [0.4, 0.5) is 0 Å². The summed E-state index contributed by atoms with van der Waals surface area (Å²) in [6.45, 7) is 7.46. The Morgan fingerprint density at radius 3 is 2.74 bits per heavy atom. The number of hydrogen-bond acceptors (Lipinski definition) is 4. The van der Waals surface area contributed by atoms with Gasteiger partial charge in [0, 0.05) is 30.9 Å². The monoisotopic (exact) mass is 313 g/mol. The summed E-state index contributed by atoms with van der Waals surface area (Å²) >= 11 is 0. The zero-order valence-electron chi connectivity index (χ0n) is 14.2. The molecule has 0 saturated carbocycles. The van der Waals surface area contributed by atoms with Crippen molar-refractivity contribution in [2.45, 2.75) is 51.7 Å². The maximum atomic E-state index is 5.45. The summed E-state index contributed by atoms with van der Waals surface area (Å²) in [5.41, 5.74) is 2.27. The van der Waals surface area contributed by atoms with E-state index in [2.05, 4.69) is 53.3 Å². The van der Waals surface area contributed by atoms with Gasteiger partial charge in [0.25, 0.3) is 0 Å². The van der Waals surface area contributed by atoms with Gasteiger partial charge >= 0.3 is 0 Å². The van der Waals surface area contributed by atoms with Crippen LogP contribution in [0.2, 0.25) is 0 Å². The van der Waals surface area contributed by atoms with E-state index in [-0.39, 0.29) is 0 Å². The fourth-order valence-electron chi connectivity index (χ4n) is 3.34. The normalized spacial score (nSPS) is 18.2. The van der Waals surface area contributed by atoms with Crippen LogP contribution in [-0.4, -0.2) is 29.0 Å². The van der Waals surface area contributed by atoms with E-state index >= 15 is 0 Å². The van der Waals surface area contributed by atoms with Gasteiger partial charge < -0.3 is 9.73 Å². The van der Waals surface area contributed by atoms with Crippen LogP contribution in [0.3, 0.4) is 0 Å². The number of likely N-dealkylation sites (tertiary alicyclic amines) is 1. The molecule has 1 aliphatic heterocycles. The van der Waals surface area contributed by atoms with Gasteiger partial charge in [0.15, 0.2) is 0 Å². The number of furan rings is 1. The molecule has 0 unspecified atom stereocenters. The van der Waals surface area contributed by atoms with E-state index in [0.29, 0.717) is 12.1 Å². The number of aryl methyl sites for hydroxylation is 1. The van der Waals surface area contributed by atoms with Gasteiger partial charge in [-0.3, -0.25) is 9.88 Å². The molecule has 0 amide bonds. The van der Waals surface area contributed by atoms with Gasteiger partial charge in [-0.05, 0) is 50.5 Å². The van der Waals surface area contributed by atoms with Crippen LogP contribution in [0.15, 0.2) is 41.0 Å². The lowest BCUT2D eigenvalue weighted by atomic mass is 10.0. The van der Waals surface area contributed by atoms with Crippen molar-refractivity contribution in [2.24, 2.45) is 0 Å². The summed E-state index contributed by atoms with van der Waals surface area (Å²) in [4.78, 5) is 7.16. The zero-order chi connectivity index (χ0) is 16.1. The zero-order valence-corrected chi connectivity index (χ0v) is 14.2. The van der Waals surface area contributed by atoms with E-state index in [1.807, 2.05) is 6.07 Å². The van der Waals surface area contributed by atoms with Gasteiger partial charge in [-0.25, -0.2) is 0 Å². The van der Waals surface area contributed by atoms with Crippen LogP contribution < -0.4 is 5.32 Å². The van der Waals surface area contributed by atoms with Crippen molar-refractivity contribution < 1.29 is 4.42 Å². The molecule has 4 heteroatoms. The number of aromatic nitrogens is 1. The quantitative estimate of drug-likeness (QED) is 0.883. The maximum Gasteiger partial charge on any atom is 0.117 e. The molecule has 0 spiro atoms. The van der Waals surface area contributed by atoms with Crippen molar-refractivity contribution in [3.8, 4) is 0 Å². The van der Waals surface area contributed by atoms with Crippen molar-refractivity contribution >= 4 is 0 Å². The summed E-state index contributed by atoms with van der Waals surface area (Å²) in [6, 6.07) is 11.3. The predicted molar refractivity (Wildman–Crippen MR) is 92.1 cm³/mol. The van der Waals surface area contributed by atoms with E-state index in [0.717, 1.165) is 37.5 Å². The first-order chi connectivity index (χ1) is 11.2. The third-order valence-corrected chi connectivity index (χ3v) is 4.66. The first kappa shape index (κ1) is 16.2. The Hall–Kier alpha value is -1.65. The molecule has 23 heavy (non-hydrogen) atoms. The Morgan fingerprint density at radius 2 is 2.09 bits per heavy atom. The Balaban J connectivity index is 1.51. The summed E-state index contributed by atoms with van der Waals surface area (Å²) in [7, 11) is 0. The van der Waals surface area contributed by atoms with Crippen LogP contribution in [0.5, 0.6) is 0 Å². The lowest BCUT2D eigenvalue weighted by molar-refractivity contribution is 0.172. The van der Waals surface area contributed by atoms with Crippen molar-refractivity contribution in [3.63, 3.8) is 0 Å². The third kappa shape index (κ3) is 4.43. The average molecular weight is 313 g/mol. The van der Waals surface area contributed by atoms with Crippen molar-refractivity contribution in [1.82, 2.24) is 15.2 Å². The molecule has 3 heterocycles. The number of nitrogens with zero attached hydrogens (tertiary/aromatic N) is 2. The minimum Gasteiger partial charge on any atom is -0.468 e. The number of piperidine rings is 1. The van der Waals surface area contributed by atoms with E-state index in [1.165, 1.54) is 18.5 Å². The smallest absolute Gasteiger partial charge is 0.117 e. The standard InChI is InChI=1S/C19H27N3O/c1-3-18(19-8-4-6-15(2)20-19)21-16-9-11-22(12-10-16)14-17-7-5-13-23-17/h4-8,13,16,18,21H,3,9-12,14H2,1-2H3/t18-/m1/s1. The van der Waals surface area contributed by atoms with Crippen LogP contribution in [0, 0.1) is 6.92 Å². The average Bonchev–Trinajstić information content (AvgIpc) is 3.07. The molecule has 1 aliphatic rings. The van der Waals surface area contributed by atoms with E-state index in [4.69, 9.17) is 4.42 Å². The Labute approximate surface area is 138 Å². The van der Waals surface area contributed by atoms with Gasteiger partial charge in [0.1, 0.15) is 5.76 Å². The summed E-state index contributed by atoms with van der Waals surface area (Å²) in [5, 5.41) is 3.82. The molecule has 0 aromatic carbocycles. The topological polar surface area (TPSA) is 41.3 Å². The molecule has 1 atom stereocenters. The molecule has 2 aromatic rings. The molecule has 2 aromatic heterocycles. The minimum atomic E-state index is 0.358. The largest absolute Gasteiger partial charge is 0.468 e. The van der Waals surface area contributed by atoms with Crippen LogP contribution in [-0.2, 0) is 6.54 Å². The Morgan fingerprint density at radius 1 is 1.26 bits per heavy atom. The second-order valence-electron chi connectivity index (χ2n) is 6.46. The Bertz CT molecular complexity index is 588. The SMILES string of the molecule is CC[C@@H](NC1CCN(Cc2ccco2)CC1)c1cccc(C)n1. The van der Waals surface area contributed by atoms with Gasteiger partial charge in [-0.1, -0.05) is 13.0 Å². The molecule has 1 fully saturated rings. The van der Waals surface area contributed by atoms with E-state index < -0.39 is 0 Å². The van der Waals surface area contributed by atoms with Crippen molar-refractivity contribution in [1.29, 1.82) is 0 Å². The number of rotatable bonds is 6. The minimum absolute atomic E-state index is 0.358. The lowest BCUT2D eigenvalue weighted by Gasteiger charge is -2.34. The first-order valence-electron chi connectivity index (χ1n) is 8.69. The molecule has 0 radical (unpaired) electrons. The fourth-order valence-corrected chi connectivity index (χ4v) is 3.34. The van der Waals surface area contributed by atoms with E-state index in [9.17, 15) is 0 Å². The maximum absolute atomic E-state index is 5.45. The fraction of sp³-hybridized carbons (Fsp3) is 0.526. The Kier molecular flexibility index (Phi) is 5.47. The highest BCUT2D eigenvalue weighted by Gasteiger charge is 2.22. The highest BCUT2D eigenvalue weighted by molar-refractivity contribution is 5.13. The van der Waals surface area contributed by atoms with Crippen molar-refractivity contribution in [2.75, 3.05) is 13.1 Å². The van der Waals surface area contributed by atoms with Gasteiger partial charge in [-0.15, -0.1) is 0 Å². The van der Waals surface area contributed by atoms with E-state index in [1.54, 1.807) is 6.26 Å². The number of pyridine rings is 1. The van der Waals surface area contributed by atoms with Crippen LogP contribution in [0.1, 0.15) is 49.4 Å². The highest BCUT2D eigenvalue weighted by atomic mass is 16.3. The van der Waals surface area contributed by atoms with Crippen molar-refractivity contribution in [3.05, 3.63) is 53.7 Å². The summed E-state index contributed by atoms with van der Waals surface area (Å²) < 4.78 is 5.45. The first-order valence-corrected chi connectivity index (χ1v) is 8.69. The molecule has 4 nitrogen and oxygen atoms in total. The summed E-state index contributed by atoms with van der Waals surface area (Å²) in [5.74, 6) is 1.06. The van der Waals surface area contributed by atoms with Crippen LogP contribution in [0.25, 0.3) is 0 Å². The van der Waals surface area contributed by atoms with Gasteiger partial charge in [0.05, 0.1) is 18.5 Å². The number of hydrogen-bond donors (Lipinski definition) is 1. The number of nitrogens with one attached hydrogen (secondary N) is 1. The molecule has 1 saturated heterocycles.